The second-order valence-corrected chi connectivity index (χ2v) is 4.44. The first-order valence-electron chi connectivity index (χ1n) is 7.66. The Morgan fingerprint density at radius 3 is 2.45 bits per heavy atom. The van der Waals surface area contributed by atoms with Crippen molar-refractivity contribution in [2.24, 2.45) is 0 Å². The van der Waals surface area contributed by atoms with Crippen molar-refractivity contribution in [3.63, 3.8) is 0 Å². The molecule has 0 bridgehead atoms. The Hall–Kier alpha value is -1.66. The lowest BCUT2D eigenvalue weighted by Gasteiger charge is -2.16. The van der Waals surface area contributed by atoms with Gasteiger partial charge in [-0.1, -0.05) is 13.8 Å². The van der Waals surface area contributed by atoms with Crippen LogP contribution in [0.25, 0.3) is 0 Å². The standard InChI is InChI=1S/C13H19N3O2.C2H6.CH4O/c1-14-13(17)11-7-12(18-2)10(8-15-11)9-16-5-3-4-6-16;2*1-2/h7-8H,3-6,9H2,1-2H3,(H,14,17);1-2H3;2H,1H3. The smallest absolute Gasteiger partial charge is 0.269 e. The van der Waals surface area contributed by atoms with Crippen LogP contribution in [0.1, 0.15) is 42.7 Å². The summed E-state index contributed by atoms with van der Waals surface area (Å²) in [5.74, 6) is 0.538. The maximum Gasteiger partial charge on any atom is 0.269 e. The van der Waals surface area contributed by atoms with E-state index in [-0.39, 0.29) is 5.91 Å². The summed E-state index contributed by atoms with van der Waals surface area (Å²) in [6.07, 6.45) is 4.25. The molecule has 6 nitrogen and oxygen atoms in total. The fourth-order valence-electron chi connectivity index (χ4n) is 2.21. The average molecular weight is 311 g/mol. The summed E-state index contributed by atoms with van der Waals surface area (Å²) in [5, 5.41) is 9.56. The van der Waals surface area contributed by atoms with E-state index in [9.17, 15) is 4.79 Å². The van der Waals surface area contributed by atoms with E-state index in [1.54, 1.807) is 26.4 Å². The molecular weight excluding hydrogens is 282 g/mol. The molecule has 1 aromatic rings. The van der Waals surface area contributed by atoms with Crippen LogP contribution in [-0.2, 0) is 6.54 Å². The maximum absolute atomic E-state index is 11.5. The van der Waals surface area contributed by atoms with Gasteiger partial charge in [-0.25, -0.2) is 0 Å². The molecule has 2 N–H and O–H groups in total. The lowest BCUT2D eigenvalue weighted by Crippen LogP contribution is -2.21. The van der Waals surface area contributed by atoms with Gasteiger partial charge in [0, 0.05) is 38.5 Å². The number of hydrogen-bond donors (Lipinski definition) is 2. The van der Waals surface area contributed by atoms with E-state index in [0.717, 1.165) is 38.1 Å². The van der Waals surface area contributed by atoms with Crippen LogP contribution >= 0.6 is 0 Å². The fraction of sp³-hybridized carbons (Fsp3) is 0.625. The van der Waals surface area contributed by atoms with Crippen molar-refractivity contribution in [1.82, 2.24) is 15.2 Å². The number of methoxy groups -OCH3 is 1. The van der Waals surface area contributed by atoms with Crippen LogP contribution in [0.2, 0.25) is 0 Å². The van der Waals surface area contributed by atoms with Crippen molar-refractivity contribution in [3.05, 3.63) is 23.5 Å². The molecule has 0 aromatic carbocycles. The van der Waals surface area contributed by atoms with Crippen molar-refractivity contribution in [2.75, 3.05) is 34.4 Å². The molecule has 0 atom stereocenters. The molecule has 6 heteroatoms. The van der Waals surface area contributed by atoms with Crippen LogP contribution in [-0.4, -0.2) is 55.3 Å². The predicted molar refractivity (Wildman–Crippen MR) is 88.2 cm³/mol. The average Bonchev–Trinajstić information content (AvgIpc) is 3.11. The first kappa shape index (κ1) is 20.3. The third-order valence-electron chi connectivity index (χ3n) is 3.22. The highest BCUT2D eigenvalue weighted by Gasteiger charge is 2.16. The van der Waals surface area contributed by atoms with E-state index in [4.69, 9.17) is 9.84 Å². The summed E-state index contributed by atoms with van der Waals surface area (Å²) in [5.41, 5.74) is 1.42. The quantitative estimate of drug-likeness (QED) is 0.885. The Bertz CT molecular complexity index is 433. The minimum atomic E-state index is -0.193. The number of rotatable bonds is 4. The Morgan fingerprint density at radius 1 is 1.36 bits per heavy atom. The highest BCUT2D eigenvalue weighted by molar-refractivity contribution is 5.92. The third-order valence-corrected chi connectivity index (χ3v) is 3.22. The highest BCUT2D eigenvalue weighted by atomic mass is 16.5. The van der Waals surface area contributed by atoms with Gasteiger partial charge < -0.3 is 15.2 Å². The molecule has 0 saturated carbocycles. The van der Waals surface area contributed by atoms with Crippen LogP contribution in [0.15, 0.2) is 12.3 Å². The van der Waals surface area contributed by atoms with Gasteiger partial charge >= 0.3 is 0 Å². The number of pyridine rings is 1. The first-order chi connectivity index (χ1) is 10.7. The molecule has 0 unspecified atom stereocenters. The summed E-state index contributed by atoms with van der Waals surface area (Å²) < 4.78 is 5.34. The van der Waals surface area contributed by atoms with Gasteiger partial charge in [-0.05, 0) is 25.9 Å². The maximum atomic E-state index is 11.5. The molecule has 2 heterocycles. The lowest BCUT2D eigenvalue weighted by atomic mass is 10.2. The number of aliphatic hydroxyl groups is 1. The number of aromatic nitrogens is 1. The van der Waals surface area contributed by atoms with Gasteiger partial charge in [0.2, 0.25) is 0 Å². The number of hydrogen-bond acceptors (Lipinski definition) is 5. The number of carbonyl (C=O) groups is 1. The van der Waals surface area contributed by atoms with Gasteiger partial charge in [-0.3, -0.25) is 14.7 Å². The van der Waals surface area contributed by atoms with Crippen molar-refractivity contribution in [3.8, 4) is 5.75 Å². The topological polar surface area (TPSA) is 74.7 Å². The Kier molecular flexibility index (Phi) is 11.0. The Balaban J connectivity index is 0.00000102. The predicted octanol–water partition coefficient (Wildman–Crippen LogP) is 1.68. The molecule has 1 saturated heterocycles. The van der Waals surface area contributed by atoms with Crippen LogP contribution in [0, 0.1) is 0 Å². The van der Waals surface area contributed by atoms with E-state index in [2.05, 4.69) is 15.2 Å². The first-order valence-corrected chi connectivity index (χ1v) is 7.66. The monoisotopic (exact) mass is 311 g/mol. The molecule has 126 valence electrons. The summed E-state index contributed by atoms with van der Waals surface area (Å²) in [7, 11) is 4.21. The summed E-state index contributed by atoms with van der Waals surface area (Å²) in [4.78, 5) is 18.1. The van der Waals surface area contributed by atoms with Crippen molar-refractivity contribution < 1.29 is 14.6 Å². The highest BCUT2D eigenvalue weighted by Crippen LogP contribution is 2.22. The van der Waals surface area contributed by atoms with Crippen LogP contribution in [0.3, 0.4) is 0 Å². The minimum Gasteiger partial charge on any atom is -0.496 e. The Morgan fingerprint density at radius 2 is 1.95 bits per heavy atom. The third kappa shape index (κ3) is 5.99. The molecule has 1 fully saturated rings. The van der Waals surface area contributed by atoms with E-state index < -0.39 is 0 Å². The SMILES string of the molecule is CC.CNC(=O)c1cc(OC)c(CN2CCCC2)cn1.CO. The zero-order valence-corrected chi connectivity index (χ0v) is 14.3. The van der Waals surface area contributed by atoms with Crippen molar-refractivity contribution in [2.45, 2.75) is 33.2 Å². The van der Waals surface area contributed by atoms with Gasteiger partial charge in [0.05, 0.1) is 7.11 Å². The number of ether oxygens (including phenoxy) is 1. The van der Waals surface area contributed by atoms with Gasteiger partial charge in [0.1, 0.15) is 11.4 Å². The molecule has 1 aliphatic rings. The molecule has 2 rings (SSSR count). The number of aliphatic hydroxyl groups excluding tert-OH is 1. The van der Waals surface area contributed by atoms with Crippen LogP contribution in [0.5, 0.6) is 5.75 Å². The number of nitrogens with zero attached hydrogens (tertiary/aromatic N) is 2. The number of amides is 1. The van der Waals surface area contributed by atoms with Gasteiger partial charge in [-0.2, -0.15) is 0 Å². The summed E-state index contributed by atoms with van der Waals surface area (Å²) in [6.45, 7) is 7.09. The van der Waals surface area contributed by atoms with Gasteiger partial charge in [0.15, 0.2) is 0 Å². The normalized spacial score (nSPS) is 13.4. The molecule has 0 radical (unpaired) electrons. The molecule has 1 amide bonds. The molecular formula is C16H29N3O3. The van der Waals surface area contributed by atoms with E-state index in [0.29, 0.717) is 5.69 Å². The van der Waals surface area contributed by atoms with Crippen LogP contribution < -0.4 is 10.1 Å². The second kappa shape index (κ2) is 11.9. The summed E-state index contributed by atoms with van der Waals surface area (Å²) >= 11 is 0. The Labute approximate surface area is 133 Å². The minimum absolute atomic E-state index is 0.193. The molecule has 22 heavy (non-hydrogen) atoms. The zero-order chi connectivity index (χ0) is 17.0. The van der Waals surface area contributed by atoms with E-state index in [1.807, 2.05) is 13.8 Å². The summed E-state index contributed by atoms with van der Waals surface area (Å²) in [6, 6.07) is 1.70. The van der Waals surface area contributed by atoms with Crippen molar-refractivity contribution in [1.29, 1.82) is 0 Å². The molecule has 0 aliphatic carbocycles. The fourth-order valence-corrected chi connectivity index (χ4v) is 2.21. The molecule has 1 aromatic heterocycles. The lowest BCUT2D eigenvalue weighted by molar-refractivity contribution is 0.0957. The van der Waals surface area contributed by atoms with E-state index >= 15 is 0 Å². The van der Waals surface area contributed by atoms with Gasteiger partial charge in [-0.15, -0.1) is 0 Å². The molecule has 0 spiro atoms. The zero-order valence-electron chi connectivity index (χ0n) is 14.3. The van der Waals surface area contributed by atoms with Crippen molar-refractivity contribution >= 4 is 5.91 Å². The largest absolute Gasteiger partial charge is 0.496 e. The second-order valence-electron chi connectivity index (χ2n) is 4.44. The number of likely N-dealkylation sites (tertiary alicyclic amines) is 1. The van der Waals surface area contributed by atoms with Gasteiger partial charge in [0.25, 0.3) is 5.91 Å². The number of carbonyl (C=O) groups excluding carboxylic acids is 1. The van der Waals surface area contributed by atoms with Crippen LogP contribution in [0.4, 0.5) is 0 Å². The van der Waals surface area contributed by atoms with E-state index in [1.165, 1.54) is 12.8 Å². The number of nitrogens with one attached hydrogen (secondary N) is 1. The molecule has 1 aliphatic heterocycles.